The minimum Gasteiger partial charge on any atom is -0.406 e. The fraction of sp³-hybridized carbons (Fsp3) is 0.857. The van der Waals surface area contributed by atoms with Gasteiger partial charge in [-0.2, -0.15) is 0 Å². The maximum atomic E-state index is 11.2. The van der Waals surface area contributed by atoms with Crippen molar-refractivity contribution in [2.24, 2.45) is 11.8 Å². The van der Waals surface area contributed by atoms with Crippen LogP contribution in [0, 0.1) is 11.8 Å². The van der Waals surface area contributed by atoms with E-state index in [-0.39, 0.29) is 5.89 Å². The molecule has 0 spiro atoms. The molecule has 0 radical (unpaired) electrons. The predicted octanol–water partition coefficient (Wildman–Crippen LogP) is 2.31. The Balaban J connectivity index is 1.89. The molecule has 1 aliphatic carbocycles. The molecular weight excluding hydrogens is 304 g/mol. The van der Waals surface area contributed by atoms with E-state index in [0.29, 0.717) is 11.9 Å². The van der Waals surface area contributed by atoms with E-state index < -0.39 is 16.1 Å². The van der Waals surface area contributed by atoms with E-state index in [2.05, 4.69) is 27.2 Å². The van der Waals surface area contributed by atoms with Gasteiger partial charge in [0.2, 0.25) is 15.9 Å². The van der Waals surface area contributed by atoms with Gasteiger partial charge in [-0.1, -0.05) is 37.7 Å². The van der Waals surface area contributed by atoms with E-state index in [9.17, 15) is 8.42 Å². The van der Waals surface area contributed by atoms with Crippen LogP contribution in [-0.4, -0.2) is 31.4 Å². The summed E-state index contributed by atoms with van der Waals surface area (Å²) in [6.07, 6.45) is 7.46. The summed E-state index contributed by atoms with van der Waals surface area (Å²) in [6.45, 7) is 4.74. The van der Waals surface area contributed by atoms with E-state index >= 15 is 0 Å². The van der Waals surface area contributed by atoms with Crippen molar-refractivity contribution >= 4 is 16.0 Å². The van der Waals surface area contributed by atoms with Crippen LogP contribution in [0.4, 0.5) is 6.01 Å². The average Bonchev–Trinajstić information content (AvgIpc) is 2.92. The first-order valence-electron chi connectivity index (χ1n) is 7.93. The molecule has 1 aliphatic rings. The summed E-state index contributed by atoms with van der Waals surface area (Å²) >= 11 is 0. The van der Waals surface area contributed by atoms with Crippen LogP contribution in [-0.2, 0) is 10.0 Å². The van der Waals surface area contributed by atoms with Gasteiger partial charge in [0.1, 0.15) is 0 Å². The van der Waals surface area contributed by atoms with Crippen molar-refractivity contribution in [2.45, 2.75) is 52.0 Å². The fourth-order valence-electron chi connectivity index (χ4n) is 3.16. The van der Waals surface area contributed by atoms with Crippen molar-refractivity contribution in [1.82, 2.24) is 14.9 Å². The zero-order valence-corrected chi connectivity index (χ0v) is 14.3. The molecule has 22 heavy (non-hydrogen) atoms. The minimum atomic E-state index is -3.30. The van der Waals surface area contributed by atoms with E-state index in [1.165, 1.54) is 32.1 Å². The first-order valence-corrected chi connectivity index (χ1v) is 9.82. The molecule has 1 aromatic heterocycles. The van der Waals surface area contributed by atoms with Crippen LogP contribution in [0.25, 0.3) is 0 Å². The molecule has 8 heteroatoms. The van der Waals surface area contributed by atoms with Gasteiger partial charge in [-0.3, -0.25) is 0 Å². The highest BCUT2D eigenvalue weighted by molar-refractivity contribution is 7.88. The molecule has 2 N–H and O–H groups in total. The van der Waals surface area contributed by atoms with E-state index in [1.54, 1.807) is 6.92 Å². The zero-order chi connectivity index (χ0) is 16.2. The second-order valence-corrected chi connectivity index (χ2v) is 7.93. The Labute approximate surface area is 132 Å². The second-order valence-electron chi connectivity index (χ2n) is 6.15. The quantitative estimate of drug-likeness (QED) is 0.796. The number of nitrogens with zero attached hydrogens (tertiary/aromatic N) is 2. The molecule has 3 unspecified atom stereocenters. The van der Waals surface area contributed by atoms with Gasteiger partial charge in [0.25, 0.3) is 0 Å². The third-order valence-corrected chi connectivity index (χ3v) is 5.09. The highest BCUT2D eigenvalue weighted by Gasteiger charge is 2.24. The number of sulfonamides is 1. The van der Waals surface area contributed by atoms with E-state index in [1.807, 2.05) is 0 Å². The predicted molar refractivity (Wildman–Crippen MR) is 84.9 cm³/mol. The second kappa shape index (κ2) is 7.41. The van der Waals surface area contributed by atoms with Crippen molar-refractivity contribution < 1.29 is 12.8 Å². The molecule has 0 aromatic carbocycles. The fourth-order valence-corrected chi connectivity index (χ4v) is 3.90. The monoisotopic (exact) mass is 330 g/mol. The van der Waals surface area contributed by atoms with Gasteiger partial charge in [0.05, 0.1) is 12.3 Å². The summed E-state index contributed by atoms with van der Waals surface area (Å²) in [6, 6.07) is -0.173. The number of anilines is 1. The number of rotatable bonds is 7. The molecular formula is C14H26N4O3S. The van der Waals surface area contributed by atoms with Crippen molar-refractivity contribution in [3.63, 3.8) is 0 Å². The van der Waals surface area contributed by atoms with Gasteiger partial charge >= 0.3 is 6.01 Å². The topological polar surface area (TPSA) is 97.1 Å². The molecule has 1 heterocycles. The van der Waals surface area contributed by atoms with Gasteiger partial charge in [0, 0.05) is 6.54 Å². The Morgan fingerprint density at radius 2 is 1.95 bits per heavy atom. The minimum absolute atomic E-state index is 0.267. The number of hydrogen-bond donors (Lipinski definition) is 2. The van der Waals surface area contributed by atoms with Crippen LogP contribution in [0.1, 0.15) is 57.9 Å². The van der Waals surface area contributed by atoms with Crippen LogP contribution in [0.3, 0.4) is 0 Å². The van der Waals surface area contributed by atoms with Crippen LogP contribution >= 0.6 is 0 Å². The zero-order valence-electron chi connectivity index (χ0n) is 13.5. The first-order chi connectivity index (χ1) is 10.4. The summed E-state index contributed by atoms with van der Waals surface area (Å²) in [5.74, 6) is 1.67. The molecule has 1 saturated carbocycles. The van der Waals surface area contributed by atoms with Crippen LogP contribution in [0.5, 0.6) is 0 Å². The Bertz CT molecular complexity index is 572. The Morgan fingerprint density at radius 1 is 1.27 bits per heavy atom. The third kappa shape index (κ3) is 4.95. The lowest BCUT2D eigenvalue weighted by atomic mass is 9.78. The van der Waals surface area contributed by atoms with Gasteiger partial charge in [-0.05, 0) is 25.2 Å². The van der Waals surface area contributed by atoms with Crippen LogP contribution in [0.2, 0.25) is 0 Å². The standard InChI is InChI=1S/C14H26N4O3S/c1-4-11-7-5-6-8-12(11)9-15-14-17-16-13(21-14)10(2)18-22(3,19)20/h10-12,18H,4-9H2,1-3H3,(H,15,17). The van der Waals surface area contributed by atoms with Crippen LogP contribution < -0.4 is 10.0 Å². The highest BCUT2D eigenvalue weighted by atomic mass is 32.2. The Kier molecular flexibility index (Phi) is 5.80. The number of hydrogen-bond acceptors (Lipinski definition) is 6. The smallest absolute Gasteiger partial charge is 0.315 e. The lowest BCUT2D eigenvalue weighted by Gasteiger charge is -2.30. The van der Waals surface area contributed by atoms with Gasteiger partial charge in [-0.25, -0.2) is 13.1 Å². The number of aromatic nitrogens is 2. The summed E-state index contributed by atoms with van der Waals surface area (Å²) in [5, 5.41) is 11.0. The Morgan fingerprint density at radius 3 is 2.59 bits per heavy atom. The van der Waals surface area contributed by atoms with E-state index in [0.717, 1.165) is 18.7 Å². The molecule has 0 amide bonds. The van der Waals surface area contributed by atoms with Crippen molar-refractivity contribution in [1.29, 1.82) is 0 Å². The first kappa shape index (κ1) is 17.2. The van der Waals surface area contributed by atoms with Crippen molar-refractivity contribution in [3.05, 3.63) is 5.89 Å². The van der Waals surface area contributed by atoms with Crippen LogP contribution in [0.15, 0.2) is 4.42 Å². The Hall–Kier alpha value is -1.15. The molecule has 2 rings (SSSR count). The SMILES string of the molecule is CCC1CCCCC1CNc1nnc(C(C)NS(C)(=O)=O)o1. The summed E-state index contributed by atoms with van der Waals surface area (Å²) in [7, 11) is -3.30. The maximum Gasteiger partial charge on any atom is 0.315 e. The molecule has 0 saturated heterocycles. The van der Waals surface area contributed by atoms with Gasteiger partial charge < -0.3 is 9.73 Å². The summed E-state index contributed by atoms with van der Waals surface area (Å²) in [5.41, 5.74) is 0. The third-order valence-electron chi connectivity index (χ3n) is 4.31. The van der Waals surface area contributed by atoms with E-state index in [4.69, 9.17) is 4.42 Å². The molecule has 7 nitrogen and oxygen atoms in total. The van der Waals surface area contributed by atoms with Gasteiger partial charge in [0.15, 0.2) is 0 Å². The summed E-state index contributed by atoms with van der Waals surface area (Å²) < 4.78 is 30.3. The lowest BCUT2D eigenvalue weighted by molar-refractivity contribution is 0.240. The molecule has 1 fully saturated rings. The molecule has 0 bridgehead atoms. The normalized spacial score (nSPS) is 24.1. The number of nitrogens with one attached hydrogen (secondary N) is 2. The summed E-state index contributed by atoms with van der Waals surface area (Å²) in [4.78, 5) is 0. The van der Waals surface area contributed by atoms with Crippen molar-refractivity contribution in [2.75, 3.05) is 18.1 Å². The molecule has 1 aromatic rings. The molecule has 3 atom stereocenters. The van der Waals surface area contributed by atoms with Crippen molar-refractivity contribution in [3.8, 4) is 0 Å². The maximum absolute atomic E-state index is 11.2. The molecule has 126 valence electrons. The molecule has 0 aliphatic heterocycles. The average molecular weight is 330 g/mol. The van der Waals surface area contributed by atoms with Gasteiger partial charge in [-0.15, -0.1) is 5.10 Å². The lowest BCUT2D eigenvalue weighted by Crippen LogP contribution is -2.26. The largest absolute Gasteiger partial charge is 0.406 e. The highest BCUT2D eigenvalue weighted by Crippen LogP contribution is 2.32.